The predicted molar refractivity (Wildman–Crippen MR) is 101 cm³/mol. The molecule has 124 valence electrons. The Morgan fingerprint density at radius 1 is 0.880 bits per heavy atom. The van der Waals surface area contributed by atoms with E-state index in [1.54, 1.807) is 0 Å². The first-order chi connectivity index (χ1) is 12.3. The molecule has 1 heterocycles. The molecule has 0 aliphatic carbocycles. The van der Waals surface area contributed by atoms with E-state index >= 15 is 0 Å². The molecule has 0 aliphatic heterocycles. The highest BCUT2D eigenvalue weighted by Crippen LogP contribution is 2.26. The monoisotopic (exact) mass is 393 g/mol. The lowest BCUT2D eigenvalue weighted by Gasteiger charge is -2.19. The summed E-state index contributed by atoms with van der Waals surface area (Å²) in [4.78, 5) is 0. The molecule has 0 aliphatic rings. The van der Waals surface area contributed by atoms with E-state index < -0.39 is 0 Å². The molecule has 3 aromatic carbocycles. The van der Waals surface area contributed by atoms with Crippen LogP contribution in [-0.2, 0) is 11.3 Å². The van der Waals surface area contributed by atoms with Crippen LogP contribution >= 0.6 is 15.9 Å². The maximum atomic E-state index is 6.28. The number of rotatable bonds is 5. The van der Waals surface area contributed by atoms with Crippen molar-refractivity contribution in [2.24, 2.45) is 0 Å². The SMILES string of the molecule is Brc1ccccc1COC(c1ccccc1)n1nnc2ccccc21. The second kappa shape index (κ2) is 7.17. The minimum atomic E-state index is -0.347. The molecule has 0 bridgehead atoms. The van der Waals surface area contributed by atoms with E-state index in [1.165, 1.54) is 0 Å². The smallest absolute Gasteiger partial charge is 0.178 e. The van der Waals surface area contributed by atoms with Gasteiger partial charge in [-0.15, -0.1) is 5.10 Å². The van der Waals surface area contributed by atoms with Crippen molar-refractivity contribution in [1.29, 1.82) is 0 Å². The lowest BCUT2D eigenvalue weighted by Crippen LogP contribution is -2.16. The first kappa shape index (κ1) is 16.0. The Bertz CT molecular complexity index is 984. The lowest BCUT2D eigenvalue weighted by atomic mass is 10.2. The zero-order valence-corrected chi connectivity index (χ0v) is 15.0. The van der Waals surface area contributed by atoms with Gasteiger partial charge in [0.15, 0.2) is 6.23 Å². The average Bonchev–Trinajstić information content (AvgIpc) is 3.08. The number of nitrogens with zero attached hydrogens (tertiary/aromatic N) is 3. The van der Waals surface area contributed by atoms with Crippen molar-refractivity contribution >= 4 is 27.0 Å². The van der Waals surface area contributed by atoms with Gasteiger partial charge < -0.3 is 4.74 Å². The molecule has 0 radical (unpaired) electrons. The second-order valence-corrected chi connectivity index (χ2v) is 6.54. The molecule has 4 rings (SSSR count). The highest BCUT2D eigenvalue weighted by atomic mass is 79.9. The largest absolute Gasteiger partial charge is 0.347 e. The fourth-order valence-electron chi connectivity index (χ4n) is 2.77. The number of aromatic nitrogens is 3. The van der Waals surface area contributed by atoms with E-state index in [0.29, 0.717) is 6.61 Å². The molecule has 5 heteroatoms. The fourth-order valence-corrected chi connectivity index (χ4v) is 3.17. The molecule has 1 atom stereocenters. The van der Waals surface area contributed by atoms with Crippen LogP contribution in [0.3, 0.4) is 0 Å². The average molecular weight is 394 g/mol. The minimum Gasteiger partial charge on any atom is -0.347 e. The third-order valence-electron chi connectivity index (χ3n) is 4.04. The summed E-state index contributed by atoms with van der Waals surface area (Å²) < 4.78 is 9.15. The summed E-state index contributed by atoms with van der Waals surface area (Å²) >= 11 is 3.58. The molecule has 25 heavy (non-hydrogen) atoms. The predicted octanol–water partition coefficient (Wildman–Crippen LogP) is 4.96. The summed E-state index contributed by atoms with van der Waals surface area (Å²) in [7, 11) is 0. The summed E-state index contributed by atoms with van der Waals surface area (Å²) in [6.45, 7) is 0.467. The number of benzene rings is 3. The van der Waals surface area contributed by atoms with Crippen molar-refractivity contribution in [3.8, 4) is 0 Å². The number of ether oxygens (including phenoxy) is 1. The Morgan fingerprint density at radius 2 is 1.60 bits per heavy atom. The van der Waals surface area contributed by atoms with E-state index in [-0.39, 0.29) is 6.23 Å². The van der Waals surface area contributed by atoms with Gasteiger partial charge in [0.25, 0.3) is 0 Å². The van der Waals surface area contributed by atoms with Crippen LogP contribution in [0.2, 0.25) is 0 Å². The van der Waals surface area contributed by atoms with Crippen LogP contribution in [0.15, 0.2) is 83.3 Å². The molecule has 0 spiro atoms. The third kappa shape index (κ3) is 3.34. The molecular formula is C20H16BrN3O. The van der Waals surface area contributed by atoms with Crippen molar-refractivity contribution in [2.45, 2.75) is 12.8 Å². The number of fused-ring (bicyclic) bond motifs is 1. The van der Waals surface area contributed by atoms with E-state index in [2.05, 4.69) is 26.2 Å². The Hall–Kier alpha value is -2.50. The lowest BCUT2D eigenvalue weighted by molar-refractivity contribution is 0.0129. The Kier molecular flexibility index (Phi) is 4.59. The van der Waals surface area contributed by atoms with Crippen LogP contribution in [0.1, 0.15) is 17.4 Å². The first-order valence-corrected chi connectivity index (χ1v) is 8.82. The zero-order chi connectivity index (χ0) is 17.1. The molecule has 1 unspecified atom stereocenters. The van der Waals surface area contributed by atoms with Crippen molar-refractivity contribution in [1.82, 2.24) is 15.0 Å². The summed E-state index contributed by atoms with van der Waals surface area (Å²) in [5.74, 6) is 0. The Morgan fingerprint density at radius 3 is 2.44 bits per heavy atom. The number of halogens is 1. The van der Waals surface area contributed by atoms with Gasteiger partial charge in [0.2, 0.25) is 0 Å². The van der Waals surface area contributed by atoms with Crippen molar-refractivity contribution < 1.29 is 4.74 Å². The molecule has 0 saturated heterocycles. The van der Waals surface area contributed by atoms with Gasteiger partial charge in [-0.25, -0.2) is 4.68 Å². The Labute approximate surface area is 154 Å². The van der Waals surface area contributed by atoms with Crippen LogP contribution in [-0.4, -0.2) is 15.0 Å². The number of hydrogen-bond donors (Lipinski definition) is 0. The van der Waals surface area contributed by atoms with Crippen LogP contribution in [0.25, 0.3) is 11.0 Å². The van der Waals surface area contributed by atoms with E-state index in [9.17, 15) is 0 Å². The number of hydrogen-bond acceptors (Lipinski definition) is 3. The van der Waals surface area contributed by atoms with Gasteiger partial charge in [-0.1, -0.05) is 81.8 Å². The molecule has 4 nitrogen and oxygen atoms in total. The highest BCUT2D eigenvalue weighted by Gasteiger charge is 2.18. The van der Waals surface area contributed by atoms with E-state index in [1.807, 2.05) is 83.5 Å². The maximum Gasteiger partial charge on any atom is 0.178 e. The molecule has 0 saturated carbocycles. The summed E-state index contributed by atoms with van der Waals surface area (Å²) in [5, 5.41) is 8.60. The van der Waals surface area contributed by atoms with Crippen molar-refractivity contribution in [3.05, 3.63) is 94.5 Å². The normalized spacial score (nSPS) is 12.4. The number of para-hydroxylation sites is 1. The molecular weight excluding hydrogens is 378 g/mol. The van der Waals surface area contributed by atoms with Gasteiger partial charge in [-0.05, 0) is 23.8 Å². The standard InChI is InChI=1S/C20H16BrN3O/c21-17-11-5-4-10-16(17)14-25-20(15-8-2-1-3-9-15)24-19-13-7-6-12-18(19)22-23-24/h1-13,20H,14H2. The van der Waals surface area contributed by atoms with Crippen LogP contribution in [0, 0.1) is 0 Å². The van der Waals surface area contributed by atoms with Gasteiger partial charge in [-0.2, -0.15) is 0 Å². The van der Waals surface area contributed by atoms with E-state index in [4.69, 9.17) is 4.74 Å². The van der Waals surface area contributed by atoms with Gasteiger partial charge >= 0.3 is 0 Å². The van der Waals surface area contributed by atoms with Crippen molar-refractivity contribution in [3.63, 3.8) is 0 Å². The molecule has 4 aromatic rings. The van der Waals surface area contributed by atoms with Crippen LogP contribution < -0.4 is 0 Å². The minimum absolute atomic E-state index is 0.347. The first-order valence-electron chi connectivity index (χ1n) is 8.03. The van der Waals surface area contributed by atoms with Crippen molar-refractivity contribution in [2.75, 3.05) is 0 Å². The quantitative estimate of drug-likeness (QED) is 0.481. The summed E-state index contributed by atoms with van der Waals surface area (Å²) in [5.41, 5.74) is 3.93. The third-order valence-corrected chi connectivity index (χ3v) is 4.81. The molecule has 1 aromatic heterocycles. The molecule has 0 fully saturated rings. The molecule has 0 amide bonds. The van der Waals surface area contributed by atoms with Gasteiger partial charge in [-0.3, -0.25) is 0 Å². The highest BCUT2D eigenvalue weighted by molar-refractivity contribution is 9.10. The topological polar surface area (TPSA) is 39.9 Å². The van der Waals surface area contributed by atoms with Crippen LogP contribution in [0.5, 0.6) is 0 Å². The second-order valence-electron chi connectivity index (χ2n) is 5.69. The van der Waals surface area contributed by atoms with Crippen LogP contribution in [0.4, 0.5) is 0 Å². The summed E-state index contributed by atoms with van der Waals surface area (Å²) in [6, 6.07) is 26.1. The molecule has 0 N–H and O–H groups in total. The van der Waals surface area contributed by atoms with Gasteiger partial charge in [0.05, 0.1) is 12.1 Å². The Balaban J connectivity index is 1.71. The van der Waals surface area contributed by atoms with E-state index in [0.717, 1.165) is 26.6 Å². The van der Waals surface area contributed by atoms with Gasteiger partial charge in [0, 0.05) is 10.0 Å². The van der Waals surface area contributed by atoms with Gasteiger partial charge in [0.1, 0.15) is 5.52 Å². The zero-order valence-electron chi connectivity index (χ0n) is 13.4. The maximum absolute atomic E-state index is 6.28. The fraction of sp³-hybridized carbons (Fsp3) is 0.100. The summed E-state index contributed by atoms with van der Waals surface area (Å²) in [6.07, 6.45) is -0.347.